The van der Waals surface area contributed by atoms with Gasteiger partial charge in [0.05, 0.1) is 17.2 Å². The van der Waals surface area contributed by atoms with Crippen LogP contribution in [0.4, 0.5) is 0 Å². The number of carbonyl (C=O) groups excluding carboxylic acids is 2. The molecule has 1 atom stereocenters. The standard InChI is InChI=1S/C14H16N2O2/c1-2-15-8-7-10(9-15)16-13(17)11-5-3-4-6-12(11)14(16)18/h3-6,10H,2,7-9H2,1H3/t10-/m0/s1. The number of likely N-dealkylation sites (tertiary alicyclic amines) is 1. The van der Waals surface area contributed by atoms with E-state index in [-0.39, 0.29) is 17.9 Å². The van der Waals surface area contributed by atoms with Crippen molar-refractivity contribution in [1.82, 2.24) is 9.80 Å². The summed E-state index contributed by atoms with van der Waals surface area (Å²) in [5.41, 5.74) is 1.11. The fraction of sp³-hybridized carbons (Fsp3) is 0.429. The van der Waals surface area contributed by atoms with Crippen LogP contribution in [0, 0.1) is 0 Å². The van der Waals surface area contributed by atoms with Gasteiger partial charge in [-0.1, -0.05) is 19.1 Å². The van der Waals surface area contributed by atoms with Gasteiger partial charge in [-0.05, 0) is 25.1 Å². The normalized spacial score (nSPS) is 23.8. The van der Waals surface area contributed by atoms with Crippen LogP contribution in [-0.4, -0.2) is 47.3 Å². The first-order valence-corrected chi connectivity index (χ1v) is 6.41. The predicted molar refractivity (Wildman–Crippen MR) is 67.5 cm³/mol. The molecular weight excluding hydrogens is 228 g/mol. The van der Waals surface area contributed by atoms with Crippen molar-refractivity contribution < 1.29 is 9.59 Å². The molecule has 2 heterocycles. The molecule has 4 nitrogen and oxygen atoms in total. The van der Waals surface area contributed by atoms with Crippen LogP contribution >= 0.6 is 0 Å². The largest absolute Gasteiger partial charge is 0.301 e. The maximum Gasteiger partial charge on any atom is 0.261 e. The first-order valence-electron chi connectivity index (χ1n) is 6.41. The minimum absolute atomic E-state index is 0.0392. The molecule has 0 N–H and O–H groups in total. The molecule has 4 heteroatoms. The van der Waals surface area contributed by atoms with Crippen molar-refractivity contribution in [2.45, 2.75) is 19.4 Å². The second kappa shape index (κ2) is 4.21. The van der Waals surface area contributed by atoms with E-state index in [1.54, 1.807) is 24.3 Å². The minimum Gasteiger partial charge on any atom is -0.301 e. The Bertz CT molecular complexity index is 477. The number of rotatable bonds is 2. The van der Waals surface area contributed by atoms with Crippen LogP contribution in [0.15, 0.2) is 24.3 Å². The molecule has 3 rings (SSSR count). The highest BCUT2D eigenvalue weighted by Crippen LogP contribution is 2.27. The van der Waals surface area contributed by atoms with Crippen LogP contribution < -0.4 is 0 Å². The molecule has 2 aliphatic rings. The number of hydrogen-bond donors (Lipinski definition) is 0. The van der Waals surface area contributed by atoms with Crippen molar-refractivity contribution >= 4 is 11.8 Å². The van der Waals surface area contributed by atoms with Gasteiger partial charge in [0.2, 0.25) is 0 Å². The van der Waals surface area contributed by atoms with Gasteiger partial charge in [-0.15, -0.1) is 0 Å². The van der Waals surface area contributed by atoms with Crippen LogP contribution in [0.1, 0.15) is 34.1 Å². The highest BCUT2D eigenvalue weighted by Gasteiger charge is 2.41. The first-order chi connectivity index (χ1) is 8.72. The third-order valence-electron chi connectivity index (χ3n) is 3.89. The zero-order valence-corrected chi connectivity index (χ0v) is 10.4. The number of nitrogens with zero attached hydrogens (tertiary/aromatic N) is 2. The Morgan fingerprint density at radius 2 is 1.78 bits per heavy atom. The van der Waals surface area contributed by atoms with Gasteiger partial charge in [0.15, 0.2) is 0 Å². The molecule has 1 fully saturated rings. The van der Waals surface area contributed by atoms with Gasteiger partial charge in [-0.3, -0.25) is 14.5 Å². The molecule has 1 saturated heterocycles. The van der Waals surface area contributed by atoms with E-state index in [0.29, 0.717) is 11.1 Å². The Balaban J connectivity index is 1.89. The Morgan fingerprint density at radius 3 is 2.28 bits per heavy atom. The second-order valence-electron chi connectivity index (χ2n) is 4.86. The summed E-state index contributed by atoms with van der Waals surface area (Å²) in [6, 6.07) is 7.13. The Hall–Kier alpha value is -1.68. The number of imide groups is 1. The molecule has 2 amide bonds. The van der Waals surface area contributed by atoms with Gasteiger partial charge in [0.1, 0.15) is 0 Å². The van der Waals surface area contributed by atoms with Crippen molar-refractivity contribution in [3.63, 3.8) is 0 Å². The van der Waals surface area contributed by atoms with Crippen LogP contribution in [0.25, 0.3) is 0 Å². The lowest BCUT2D eigenvalue weighted by Crippen LogP contribution is -2.41. The molecule has 2 aliphatic heterocycles. The van der Waals surface area contributed by atoms with E-state index >= 15 is 0 Å². The zero-order chi connectivity index (χ0) is 12.7. The lowest BCUT2D eigenvalue weighted by Gasteiger charge is -2.22. The van der Waals surface area contributed by atoms with Crippen molar-refractivity contribution in [3.05, 3.63) is 35.4 Å². The molecule has 0 aliphatic carbocycles. The van der Waals surface area contributed by atoms with Crippen LogP contribution in [0.5, 0.6) is 0 Å². The second-order valence-corrected chi connectivity index (χ2v) is 4.86. The van der Waals surface area contributed by atoms with Crippen LogP contribution in [0.3, 0.4) is 0 Å². The number of amides is 2. The number of hydrogen-bond acceptors (Lipinski definition) is 3. The number of fused-ring (bicyclic) bond motifs is 1. The molecule has 0 spiro atoms. The van der Waals surface area contributed by atoms with Crippen LogP contribution in [-0.2, 0) is 0 Å². The molecule has 0 aromatic heterocycles. The fourth-order valence-electron chi connectivity index (χ4n) is 2.85. The van der Waals surface area contributed by atoms with Gasteiger partial charge in [0, 0.05) is 13.1 Å². The van der Waals surface area contributed by atoms with E-state index in [2.05, 4.69) is 11.8 Å². The molecule has 0 unspecified atom stereocenters. The predicted octanol–water partition coefficient (Wildman–Crippen LogP) is 1.38. The average Bonchev–Trinajstić information content (AvgIpc) is 2.95. The lowest BCUT2D eigenvalue weighted by molar-refractivity contribution is 0.0589. The topological polar surface area (TPSA) is 40.6 Å². The van der Waals surface area contributed by atoms with E-state index in [1.165, 1.54) is 4.90 Å². The van der Waals surface area contributed by atoms with Gasteiger partial charge in [0.25, 0.3) is 11.8 Å². The molecule has 18 heavy (non-hydrogen) atoms. The highest BCUT2D eigenvalue weighted by atomic mass is 16.2. The molecule has 0 saturated carbocycles. The van der Waals surface area contributed by atoms with Gasteiger partial charge in [-0.2, -0.15) is 0 Å². The first kappa shape index (κ1) is 11.4. The third-order valence-corrected chi connectivity index (χ3v) is 3.89. The van der Waals surface area contributed by atoms with Crippen LogP contribution in [0.2, 0.25) is 0 Å². The van der Waals surface area contributed by atoms with E-state index in [1.807, 2.05) is 0 Å². The van der Waals surface area contributed by atoms with Gasteiger partial charge >= 0.3 is 0 Å². The average molecular weight is 244 g/mol. The molecular formula is C14H16N2O2. The smallest absolute Gasteiger partial charge is 0.261 e. The monoisotopic (exact) mass is 244 g/mol. The quantitative estimate of drug-likeness (QED) is 0.738. The zero-order valence-electron chi connectivity index (χ0n) is 10.4. The van der Waals surface area contributed by atoms with Crippen molar-refractivity contribution in [3.8, 4) is 0 Å². The number of carbonyl (C=O) groups is 2. The van der Waals surface area contributed by atoms with E-state index in [0.717, 1.165) is 26.1 Å². The summed E-state index contributed by atoms with van der Waals surface area (Å²) in [6.45, 7) is 4.85. The summed E-state index contributed by atoms with van der Waals surface area (Å²) in [5.74, 6) is -0.253. The van der Waals surface area contributed by atoms with Crippen molar-refractivity contribution in [2.75, 3.05) is 19.6 Å². The Kier molecular flexibility index (Phi) is 2.67. The maximum atomic E-state index is 12.3. The molecule has 1 aromatic carbocycles. The van der Waals surface area contributed by atoms with Crippen molar-refractivity contribution in [1.29, 1.82) is 0 Å². The highest BCUT2D eigenvalue weighted by molar-refractivity contribution is 6.21. The number of likely N-dealkylation sites (N-methyl/N-ethyl adjacent to an activating group) is 1. The van der Waals surface area contributed by atoms with E-state index in [9.17, 15) is 9.59 Å². The lowest BCUT2D eigenvalue weighted by atomic mass is 10.1. The molecule has 0 bridgehead atoms. The summed E-state index contributed by atoms with van der Waals surface area (Å²) < 4.78 is 0. The molecule has 94 valence electrons. The molecule has 0 radical (unpaired) electrons. The van der Waals surface area contributed by atoms with Crippen molar-refractivity contribution in [2.24, 2.45) is 0 Å². The Morgan fingerprint density at radius 1 is 1.17 bits per heavy atom. The summed E-state index contributed by atoms with van der Waals surface area (Å²) >= 11 is 0. The summed E-state index contributed by atoms with van der Waals surface area (Å²) in [6.07, 6.45) is 0.888. The van der Waals surface area contributed by atoms with E-state index in [4.69, 9.17) is 0 Å². The third kappa shape index (κ3) is 1.56. The van der Waals surface area contributed by atoms with Gasteiger partial charge < -0.3 is 4.90 Å². The summed E-state index contributed by atoms with van der Waals surface area (Å²) in [4.78, 5) is 28.3. The fourth-order valence-corrected chi connectivity index (χ4v) is 2.85. The van der Waals surface area contributed by atoms with Gasteiger partial charge in [-0.25, -0.2) is 0 Å². The maximum absolute atomic E-state index is 12.3. The number of benzene rings is 1. The Labute approximate surface area is 106 Å². The SMILES string of the molecule is CCN1CC[C@H](N2C(=O)c3ccccc3C2=O)C1. The summed E-state index contributed by atoms with van der Waals surface area (Å²) in [5, 5.41) is 0. The summed E-state index contributed by atoms with van der Waals surface area (Å²) in [7, 11) is 0. The minimum atomic E-state index is -0.126. The molecule has 1 aromatic rings. The van der Waals surface area contributed by atoms with E-state index < -0.39 is 0 Å².